The normalized spacial score (nSPS) is 12.0. The smallest absolute Gasteiger partial charge is 0.264 e. The molecule has 0 spiro atoms. The largest absolute Gasteiger partial charge is 0.354 e. The molecule has 0 aliphatic heterocycles. The Morgan fingerprint density at radius 2 is 1.50 bits per heavy atom. The van der Waals surface area contributed by atoms with Crippen LogP contribution in [0.3, 0.4) is 0 Å². The number of rotatable bonds is 13. The standard InChI is InChI=1S/C29H34FN3O4S/c1-3-20-31-29(35)27(4-2)32(21-19-23-11-7-5-8-12-23)28(34)22-33(25-17-15-24(30)16-18-25)38(36,37)26-13-9-6-10-14-26/h5-18,27H,3-4,19-22H2,1-2H3,(H,31,35)/t27-/m1/s1. The first-order valence-corrected chi connectivity index (χ1v) is 14.2. The van der Waals surface area contributed by atoms with Gasteiger partial charge in [-0.05, 0) is 61.2 Å². The van der Waals surface area contributed by atoms with E-state index in [2.05, 4.69) is 5.32 Å². The van der Waals surface area contributed by atoms with E-state index in [0.29, 0.717) is 19.4 Å². The fraction of sp³-hybridized carbons (Fsp3) is 0.310. The molecule has 1 N–H and O–H groups in total. The van der Waals surface area contributed by atoms with Crippen molar-refractivity contribution in [3.05, 3.63) is 96.3 Å². The topological polar surface area (TPSA) is 86.8 Å². The van der Waals surface area contributed by atoms with Crippen molar-refractivity contribution >= 4 is 27.5 Å². The highest BCUT2D eigenvalue weighted by Gasteiger charge is 2.33. The first kappa shape index (κ1) is 28.8. The van der Waals surface area contributed by atoms with Gasteiger partial charge >= 0.3 is 0 Å². The summed E-state index contributed by atoms with van der Waals surface area (Å²) in [6.45, 7) is 3.91. The van der Waals surface area contributed by atoms with E-state index in [1.165, 1.54) is 29.2 Å². The zero-order chi connectivity index (χ0) is 27.5. The molecule has 0 aliphatic rings. The van der Waals surface area contributed by atoms with E-state index in [9.17, 15) is 22.4 Å². The molecule has 7 nitrogen and oxygen atoms in total. The first-order chi connectivity index (χ1) is 18.3. The molecule has 202 valence electrons. The Hall–Kier alpha value is -3.72. The van der Waals surface area contributed by atoms with E-state index in [1.807, 2.05) is 44.2 Å². The third-order valence-corrected chi connectivity index (χ3v) is 7.93. The molecule has 9 heteroatoms. The van der Waals surface area contributed by atoms with Crippen molar-refractivity contribution in [1.29, 1.82) is 0 Å². The van der Waals surface area contributed by atoms with Gasteiger partial charge in [-0.25, -0.2) is 12.8 Å². The summed E-state index contributed by atoms with van der Waals surface area (Å²) >= 11 is 0. The van der Waals surface area contributed by atoms with Crippen molar-refractivity contribution in [3.8, 4) is 0 Å². The number of benzene rings is 3. The van der Waals surface area contributed by atoms with Gasteiger partial charge in [0.25, 0.3) is 10.0 Å². The average Bonchev–Trinajstić information content (AvgIpc) is 2.94. The molecule has 1 atom stereocenters. The predicted octanol–water partition coefficient (Wildman–Crippen LogP) is 4.40. The van der Waals surface area contributed by atoms with Gasteiger partial charge in [0, 0.05) is 13.1 Å². The molecule has 2 amide bonds. The Balaban J connectivity index is 1.97. The number of carbonyl (C=O) groups excluding carboxylic acids is 2. The van der Waals surface area contributed by atoms with Gasteiger partial charge in [0.1, 0.15) is 18.4 Å². The van der Waals surface area contributed by atoms with Gasteiger partial charge < -0.3 is 10.2 Å². The Bertz CT molecular complexity index is 1290. The SMILES string of the molecule is CCCNC(=O)[C@@H](CC)N(CCc1ccccc1)C(=O)CN(c1ccc(F)cc1)S(=O)(=O)c1ccccc1. The summed E-state index contributed by atoms with van der Waals surface area (Å²) < 4.78 is 41.9. The number of amides is 2. The van der Waals surface area contributed by atoms with Gasteiger partial charge in [0.2, 0.25) is 11.8 Å². The molecule has 0 radical (unpaired) electrons. The van der Waals surface area contributed by atoms with Crippen molar-refractivity contribution < 1.29 is 22.4 Å². The lowest BCUT2D eigenvalue weighted by Gasteiger charge is -2.33. The molecule has 0 aliphatic carbocycles. The fourth-order valence-corrected chi connectivity index (χ4v) is 5.55. The van der Waals surface area contributed by atoms with Gasteiger partial charge in [-0.3, -0.25) is 13.9 Å². The van der Waals surface area contributed by atoms with Gasteiger partial charge in [0.15, 0.2) is 0 Å². The van der Waals surface area contributed by atoms with Gasteiger partial charge in [-0.2, -0.15) is 0 Å². The fourth-order valence-electron chi connectivity index (χ4n) is 4.12. The average molecular weight is 540 g/mol. The summed E-state index contributed by atoms with van der Waals surface area (Å²) in [5.41, 5.74) is 1.14. The van der Waals surface area contributed by atoms with E-state index in [-0.39, 0.29) is 23.0 Å². The highest BCUT2D eigenvalue weighted by atomic mass is 32.2. The van der Waals surface area contributed by atoms with Crippen LogP contribution >= 0.6 is 0 Å². The molecule has 0 aromatic heterocycles. The molecule has 0 saturated heterocycles. The maximum Gasteiger partial charge on any atom is 0.264 e. The van der Waals surface area contributed by atoms with Gasteiger partial charge in [-0.15, -0.1) is 0 Å². The van der Waals surface area contributed by atoms with Crippen LogP contribution in [-0.2, 0) is 26.0 Å². The van der Waals surface area contributed by atoms with Crippen molar-refractivity contribution in [3.63, 3.8) is 0 Å². The molecule has 0 heterocycles. The Labute approximate surface area is 224 Å². The van der Waals surface area contributed by atoms with Crippen LogP contribution in [-0.4, -0.2) is 50.8 Å². The van der Waals surface area contributed by atoms with Crippen LogP contribution in [0.15, 0.2) is 89.8 Å². The van der Waals surface area contributed by atoms with Crippen LogP contribution in [0, 0.1) is 5.82 Å². The Morgan fingerprint density at radius 3 is 2.08 bits per heavy atom. The second-order valence-electron chi connectivity index (χ2n) is 8.84. The highest BCUT2D eigenvalue weighted by molar-refractivity contribution is 7.92. The number of nitrogens with zero attached hydrogens (tertiary/aromatic N) is 2. The van der Waals surface area contributed by atoms with Crippen LogP contribution in [0.4, 0.5) is 10.1 Å². The summed E-state index contributed by atoms with van der Waals surface area (Å²) in [6, 6.07) is 21.5. The maximum atomic E-state index is 13.8. The number of nitrogens with one attached hydrogen (secondary N) is 1. The van der Waals surface area contributed by atoms with Gasteiger partial charge in [0.05, 0.1) is 10.6 Å². The van der Waals surface area contributed by atoms with Gasteiger partial charge in [-0.1, -0.05) is 62.4 Å². The van der Waals surface area contributed by atoms with Crippen molar-refractivity contribution in [2.24, 2.45) is 0 Å². The lowest BCUT2D eigenvalue weighted by Crippen LogP contribution is -2.53. The van der Waals surface area contributed by atoms with Crippen molar-refractivity contribution in [1.82, 2.24) is 10.2 Å². The number of carbonyl (C=O) groups is 2. The van der Waals surface area contributed by atoms with E-state index >= 15 is 0 Å². The maximum absolute atomic E-state index is 13.8. The lowest BCUT2D eigenvalue weighted by atomic mass is 10.1. The third-order valence-electron chi connectivity index (χ3n) is 6.14. The Kier molecular flexibility index (Phi) is 10.4. The first-order valence-electron chi connectivity index (χ1n) is 12.7. The minimum atomic E-state index is -4.17. The molecular formula is C29H34FN3O4S. The quantitative estimate of drug-likeness (QED) is 0.349. The summed E-state index contributed by atoms with van der Waals surface area (Å²) in [7, 11) is -4.17. The number of hydrogen-bond donors (Lipinski definition) is 1. The van der Waals surface area contributed by atoms with Crippen LogP contribution in [0.25, 0.3) is 0 Å². The second-order valence-corrected chi connectivity index (χ2v) is 10.7. The van der Waals surface area contributed by atoms with E-state index in [1.54, 1.807) is 18.2 Å². The molecule has 0 fully saturated rings. The lowest BCUT2D eigenvalue weighted by molar-refractivity contribution is -0.139. The monoisotopic (exact) mass is 539 g/mol. The van der Waals surface area contributed by atoms with Crippen LogP contribution in [0.5, 0.6) is 0 Å². The molecule has 3 aromatic carbocycles. The summed E-state index contributed by atoms with van der Waals surface area (Å²) in [4.78, 5) is 28.3. The summed E-state index contributed by atoms with van der Waals surface area (Å²) in [6.07, 6.45) is 1.60. The molecule has 3 rings (SSSR count). The van der Waals surface area contributed by atoms with Crippen LogP contribution in [0.2, 0.25) is 0 Å². The number of halogens is 1. The molecular weight excluding hydrogens is 505 g/mol. The molecule has 3 aromatic rings. The number of hydrogen-bond acceptors (Lipinski definition) is 4. The van der Waals surface area contributed by atoms with E-state index in [0.717, 1.165) is 28.4 Å². The van der Waals surface area contributed by atoms with Crippen molar-refractivity contribution in [2.75, 3.05) is 23.9 Å². The molecule has 0 saturated carbocycles. The summed E-state index contributed by atoms with van der Waals surface area (Å²) in [5, 5.41) is 2.86. The predicted molar refractivity (Wildman–Crippen MR) is 147 cm³/mol. The minimum Gasteiger partial charge on any atom is -0.354 e. The number of sulfonamides is 1. The van der Waals surface area contributed by atoms with Crippen LogP contribution < -0.4 is 9.62 Å². The van der Waals surface area contributed by atoms with Crippen LogP contribution in [0.1, 0.15) is 32.3 Å². The molecule has 0 bridgehead atoms. The Morgan fingerprint density at radius 1 is 0.895 bits per heavy atom. The second kappa shape index (κ2) is 13.7. The summed E-state index contributed by atoms with van der Waals surface area (Å²) in [5.74, 6) is -1.33. The third kappa shape index (κ3) is 7.41. The highest BCUT2D eigenvalue weighted by Crippen LogP contribution is 2.24. The van der Waals surface area contributed by atoms with E-state index < -0.39 is 34.3 Å². The zero-order valence-electron chi connectivity index (χ0n) is 21.7. The molecule has 0 unspecified atom stereocenters. The zero-order valence-corrected chi connectivity index (χ0v) is 22.5. The van der Waals surface area contributed by atoms with E-state index in [4.69, 9.17) is 0 Å². The minimum absolute atomic E-state index is 0.000640. The van der Waals surface area contributed by atoms with Crippen molar-refractivity contribution in [2.45, 2.75) is 44.0 Å². The molecule has 38 heavy (non-hydrogen) atoms. The number of anilines is 1.